The largest absolute Gasteiger partial charge is 0.490 e. The zero-order valence-corrected chi connectivity index (χ0v) is 22.7. The molecule has 4 fully saturated rings. The van der Waals surface area contributed by atoms with Crippen molar-refractivity contribution in [2.45, 2.75) is 94.0 Å². The monoisotopic (exact) mass is 528 g/mol. The third kappa shape index (κ3) is 3.01. The lowest BCUT2D eigenvalue weighted by molar-refractivity contribution is -0.124. The zero-order chi connectivity index (χ0) is 26.7. The van der Waals surface area contributed by atoms with Crippen LogP contribution in [-0.4, -0.2) is 69.7 Å². The molecule has 7 atom stereocenters. The minimum absolute atomic E-state index is 0.0994. The van der Waals surface area contributed by atoms with Gasteiger partial charge < -0.3 is 14.6 Å². The van der Waals surface area contributed by atoms with Gasteiger partial charge in [-0.2, -0.15) is 0 Å². The molecule has 204 valence electrons. The minimum atomic E-state index is -0.982. The second-order valence-electron chi connectivity index (χ2n) is 12.7. The number of carbonyl (C=O) groups is 2. The predicted octanol–water partition coefficient (Wildman–Crippen LogP) is 4.23. The second kappa shape index (κ2) is 8.07. The van der Waals surface area contributed by atoms with Gasteiger partial charge in [0.05, 0.1) is 40.8 Å². The molecule has 7 heteroatoms. The number of carbonyl (C=O) groups excluding carboxylic acids is 2. The molecule has 8 rings (SSSR count). The molecule has 2 unspecified atom stereocenters. The topological polar surface area (TPSA) is 79.1 Å². The highest BCUT2D eigenvalue weighted by Crippen LogP contribution is 2.70. The molecule has 6 aliphatic rings. The number of nitrogens with zero attached hydrogens (tertiary/aromatic N) is 2. The van der Waals surface area contributed by atoms with Crippen molar-refractivity contribution in [3.63, 3.8) is 0 Å². The molecule has 0 radical (unpaired) electrons. The van der Waals surface area contributed by atoms with Crippen LogP contribution in [0.25, 0.3) is 0 Å². The van der Waals surface area contributed by atoms with Crippen molar-refractivity contribution >= 4 is 11.8 Å². The minimum Gasteiger partial charge on any atom is -0.490 e. The lowest BCUT2D eigenvalue weighted by atomic mass is 9.57. The molecule has 3 heterocycles. The predicted molar refractivity (Wildman–Crippen MR) is 144 cm³/mol. The first-order valence-corrected chi connectivity index (χ1v) is 14.8. The van der Waals surface area contributed by atoms with Crippen molar-refractivity contribution < 1.29 is 24.2 Å². The quantitative estimate of drug-likeness (QED) is 0.329. The number of aliphatic hydroxyl groups is 1. The summed E-state index contributed by atoms with van der Waals surface area (Å²) < 4.78 is 13.1. The smallest absolute Gasteiger partial charge is 0.261 e. The van der Waals surface area contributed by atoms with Crippen LogP contribution in [0.15, 0.2) is 36.4 Å². The van der Waals surface area contributed by atoms with Gasteiger partial charge in [0.1, 0.15) is 6.10 Å². The number of benzene rings is 2. The van der Waals surface area contributed by atoms with E-state index in [4.69, 9.17) is 9.47 Å². The highest BCUT2D eigenvalue weighted by Gasteiger charge is 2.81. The number of fused-ring (bicyclic) bond motifs is 4. The van der Waals surface area contributed by atoms with E-state index < -0.39 is 23.2 Å². The average Bonchev–Trinajstić information content (AvgIpc) is 3.80. The molecule has 39 heavy (non-hydrogen) atoms. The molecule has 3 saturated carbocycles. The third-order valence-electron chi connectivity index (χ3n) is 10.6. The van der Waals surface area contributed by atoms with Crippen LogP contribution in [-0.2, 0) is 5.41 Å². The number of hydrogen-bond donors (Lipinski definition) is 1. The molecule has 2 aromatic carbocycles. The molecule has 2 amide bonds. The molecule has 3 aliphatic carbocycles. The SMILES string of the molecule is CCCCOc1ccc(C)c2c1O[C@H]1[C@H](N3C(=O)c4ccccc4C3=O)CC[C@@]3(O)[C@H]4C(C[C@]213)N4CC1CC1. The van der Waals surface area contributed by atoms with E-state index >= 15 is 0 Å². The van der Waals surface area contributed by atoms with E-state index in [0.29, 0.717) is 48.1 Å². The van der Waals surface area contributed by atoms with E-state index in [0.717, 1.165) is 42.9 Å². The first-order chi connectivity index (χ1) is 18.9. The maximum atomic E-state index is 13.7. The lowest BCUT2D eigenvalue weighted by Crippen LogP contribution is -2.68. The van der Waals surface area contributed by atoms with Gasteiger partial charge in [-0.3, -0.25) is 19.4 Å². The Bertz CT molecular complexity index is 1370. The number of likely N-dealkylation sites (tertiary alicyclic amines) is 1. The van der Waals surface area contributed by atoms with Crippen LogP contribution in [0.1, 0.15) is 83.7 Å². The average molecular weight is 529 g/mol. The summed E-state index contributed by atoms with van der Waals surface area (Å²) in [5, 5.41) is 12.8. The van der Waals surface area contributed by atoms with E-state index in [1.807, 2.05) is 6.07 Å². The molecule has 3 aliphatic heterocycles. The molecule has 7 nitrogen and oxygen atoms in total. The highest BCUT2D eigenvalue weighted by atomic mass is 16.5. The van der Waals surface area contributed by atoms with Crippen LogP contribution in [0.2, 0.25) is 0 Å². The van der Waals surface area contributed by atoms with Crippen LogP contribution in [0.4, 0.5) is 0 Å². The van der Waals surface area contributed by atoms with Crippen LogP contribution >= 0.6 is 0 Å². The van der Waals surface area contributed by atoms with Crippen LogP contribution in [0.5, 0.6) is 11.5 Å². The number of amides is 2. The van der Waals surface area contributed by atoms with Crippen LogP contribution < -0.4 is 9.47 Å². The van der Waals surface area contributed by atoms with E-state index in [1.54, 1.807) is 24.3 Å². The summed E-state index contributed by atoms with van der Waals surface area (Å²) in [6.07, 6.45) is 5.86. The van der Waals surface area contributed by atoms with E-state index in [2.05, 4.69) is 24.8 Å². The van der Waals surface area contributed by atoms with Crippen molar-refractivity contribution in [3.8, 4) is 11.5 Å². The Labute approximate surface area is 229 Å². The first kappa shape index (κ1) is 23.9. The van der Waals surface area contributed by atoms with E-state index in [-0.39, 0.29) is 17.9 Å². The number of ether oxygens (including phenoxy) is 2. The standard InChI is InChI=1S/C32H36N2O5/c1-3-4-15-38-24-12-9-18(2)25-26(24)39-28-22(34-29(35)20-7-5-6-8-21(20)30(34)36)13-14-32(37)27-23(16-31(25,28)32)33(27)17-19-10-11-19/h5-9,12,19,22-23,27-28,37H,3-4,10-11,13-17H2,1-2H3/t22-,23?,27-,28+,31+,32-,33?/m1/s1. The molecule has 1 N–H and O–H groups in total. The Balaban J connectivity index is 1.23. The number of unbranched alkanes of at least 4 members (excludes halogenated alkanes) is 1. The molecule has 1 spiro atoms. The van der Waals surface area contributed by atoms with Crippen LogP contribution in [0, 0.1) is 12.8 Å². The number of hydrogen-bond acceptors (Lipinski definition) is 6. The van der Waals surface area contributed by atoms with Crippen molar-refractivity contribution in [1.29, 1.82) is 0 Å². The fraction of sp³-hybridized carbons (Fsp3) is 0.562. The summed E-state index contributed by atoms with van der Waals surface area (Å²) in [5.74, 6) is 1.65. The Morgan fingerprint density at radius 2 is 1.79 bits per heavy atom. The Hall–Kier alpha value is -2.90. The van der Waals surface area contributed by atoms with Gasteiger partial charge in [0.15, 0.2) is 11.5 Å². The summed E-state index contributed by atoms with van der Waals surface area (Å²) in [7, 11) is 0. The van der Waals surface area contributed by atoms with Gasteiger partial charge in [-0.1, -0.05) is 31.5 Å². The summed E-state index contributed by atoms with van der Waals surface area (Å²) in [6.45, 7) is 5.89. The molecule has 2 aromatic rings. The molecular weight excluding hydrogens is 492 g/mol. The third-order valence-corrected chi connectivity index (χ3v) is 10.6. The highest BCUT2D eigenvalue weighted by molar-refractivity contribution is 6.21. The Kier molecular flexibility index (Phi) is 4.96. The number of imide groups is 1. The second-order valence-corrected chi connectivity index (χ2v) is 12.7. The number of aryl methyl sites for hydroxylation is 1. The van der Waals surface area contributed by atoms with Crippen molar-refractivity contribution in [2.24, 2.45) is 5.92 Å². The normalized spacial score (nSPS) is 37.1. The maximum absolute atomic E-state index is 13.7. The van der Waals surface area contributed by atoms with Crippen LogP contribution in [0.3, 0.4) is 0 Å². The van der Waals surface area contributed by atoms with Gasteiger partial charge in [-0.05, 0) is 75.1 Å². The van der Waals surface area contributed by atoms with Crippen molar-refractivity contribution in [1.82, 2.24) is 9.80 Å². The fourth-order valence-corrected chi connectivity index (χ4v) is 8.67. The van der Waals surface area contributed by atoms with Gasteiger partial charge in [0.25, 0.3) is 11.8 Å². The van der Waals surface area contributed by atoms with Crippen molar-refractivity contribution in [3.05, 3.63) is 58.7 Å². The lowest BCUT2D eigenvalue weighted by Gasteiger charge is -2.53. The van der Waals surface area contributed by atoms with E-state index in [1.165, 1.54) is 17.7 Å². The molecular formula is C32H36N2O5. The molecule has 1 saturated heterocycles. The fourth-order valence-electron chi connectivity index (χ4n) is 8.67. The van der Waals surface area contributed by atoms with Gasteiger partial charge in [0, 0.05) is 18.2 Å². The van der Waals surface area contributed by atoms with E-state index in [9.17, 15) is 14.7 Å². The summed E-state index contributed by atoms with van der Waals surface area (Å²) in [4.78, 5) is 31.3. The maximum Gasteiger partial charge on any atom is 0.261 e. The van der Waals surface area contributed by atoms with Gasteiger partial charge in [0.2, 0.25) is 0 Å². The molecule has 0 aromatic heterocycles. The Morgan fingerprint density at radius 3 is 2.49 bits per heavy atom. The molecule has 0 bridgehead atoms. The zero-order valence-electron chi connectivity index (χ0n) is 22.7. The van der Waals surface area contributed by atoms with Gasteiger partial charge in [-0.15, -0.1) is 0 Å². The summed E-state index contributed by atoms with van der Waals surface area (Å²) in [6, 6.07) is 11.1. The summed E-state index contributed by atoms with van der Waals surface area (Å²) in [5.41, 5.74) is 1.35. The first-order valence-electron chi connectivity index (χ1n) is 14.8. The van der Waals surface area contributed by atoms with Crippen molar-refractivity contribution in [2.75, 3.05) is 13.2 Å². The Morgan fingerprint density at radius 1 is 1.05 bits per heavy atom. The van der Waals surface area contributed by atoms with Gasteiger partial charge in [-0.25, -0.2) is 0 Å². The number of piperidine rings is 1. The number of rotatable bonds is 7. The summed E-state index contributed by atoms with van der Waals surface area (Å²) >= 11 is 0. The van der Waals surface area contributed by atoms with Gasteiger partial charge >= 0.3 is 0 Å².